The molecule has 18 heavy (non-hydrogen) atoms. The molecule has 0 unspecified atom stereocenters. The van der Waals surface area contributed by atoms with Crippen molar-refractivity contribution in [1.29, 1.82) is 0 Å². The van der Waals surface area contributed by atoms with Crippen molar-refractivity contribution < 1.29 is 4.79 Å². The molecule has 0 spiro atoms. The second-order valence-corrected chi connectivity index (χ2v) is 4.65. The van der Waals surface area contributed by atoms with Gasteiger partial charge >= 0.3 is 0 Å². The summed E-state index contributed by atoms with van der Waals surface area (Å²) in [5, 5.41) is 5.95. The topological polar surface area (TPSA) is 66.9 Å². The number of hydrogen-bond donors (Lipinski definition) is 2. The summed E-state index contributed by atoms with van der Waals surface area (Å²) in [6.07, 6.45) is 5.09. The summed E-state index contributed by atoms with van der Waals surface area (Å²) >= 11 is 0. The van der Waals surface area contributed by atoms with Gasteiger partial charge in [0.1, 0.15) is 11.5 Å². The van der Waals surface area contributed by atoms with E-state index in [0.717, 1.165) is 19.4 Å². The number of hydrogen-bond acceptors (Lipinski definition) is 4. The Balaban J connectivity index is 2.51. The molecule has 0 aromatic carbocycles. The van der Waals surface area contributed by atoms with Gasteiger partial charge in [-0.2, -0.15) is 0 Å². The van der Waals surface area contributed by atoms with Crippen molar-refractivity contribution in [3.8, 4) is 0 Å². The number of anilines is 1. The quantitative estimate of drug-likeness (QED) is 0.777. The molecule has 0 aliphatic carbocycles. The molecule has 0 saturated carbocycles. The van der Waals surface area contributed by atoms with Gasteiger partial charge in [0.05, 0.1) is 12.4 Å². The van der Waals surface area contributed by atoms with Crippen LogP contribution in [0.25, 0.3) is 0 Å². The van der Waals surface area contributed by atoms with Gasteiger partial charge < -0.3 is 10.6 Å². The minimum Gasteiger partial charge on any atom is -0.369 e. The van der Waals surface area contributed by atoms with Gasteiger partial charge in [-0.1, -0.05) is 20.8 Å². The van der Waals surface area contributed by atoms with E-state index in [0.29, 0.717) is 24.0 Å². The van der Waals surface area contributed by atoms with Gasteiger partial charge in [0.2, 0.25) is 0 Å². The molecule has 0 aliphatic heterocycles. The van der Waals surface area contributed by atoms with Gasteiger partial charge in [-0.05, 0) is 18.8 Å². The molecule has 0 fully saturated rings. The van der Waals surface area contributed by atoms with Crippen LogP contribution in [0.4, 0.5) is 5.82 Å². The summed E-state index contributed by atoms with van der Waals surface area (Å²) in [5.41, 5.74) is 0.361. The van der Waals surface area contributed by atoms with Crippen LogP contribution in [-0.4, -0.2) is 29.0 Å². The zero-order chi connectivity index (χ0) is 13.4. The van der Waals surface area contributed by atoms with Crippen LogP contribution in [0.1, 0.15) is 44.1 Å². The van der Waals surface area contributed by atoms with Crippen molar-refractivity contribution in [3.05, 3.63) is 18.1 Å². The third-order valence-electron chi connectivity index (χ3n) is 2.43. The van der Waals surface area contributed by atoms with Crippen LogP contribution in [0.2, 0.25) is 0 Å². The molecule has 2 N–H and O–H groups in total. The van der Waals surface area contributed by atoms with E-state index in [1.165, 1.54) is 6.20 Å². The molecular formula is C13H22N4O. The lowest BCUT2D eigenvalue weighted by Gasteiger charge is -2.08. The minimum absolute atomic E-state index is 0.164. The highest BCUT2D eigenvalue weighted by Gasteiger charge is 2.08. The van der Waals surface area contributed by atoms with Crippen molar-refractivity contribution in [1.82, 2.24) is 15.3 Å². The smallest absolute Gasteiger partial charge is 0.271 e. The Kier molecular flexibility index (Phi) is 6.11. The molecule has 1 aromatic rings. The molecule has 0 aliphatic rings. The van der Waals surface area contributed by atoms with Gasteiger partial charge in [0, 0.05) is 13.1 Å². The molecule has 100 valence electrons. The maximum atomic E-state index is 11.8. The zero-order valence-corrected chi connectivity index (χ0v) is 11.4. The highest BCUT2D eigenvalue weighted by atomic mass is 16.1. The van der Waals surface area contributed by atoms with E-state index in [2.05, 4.69) is 41.4 Å². The molecule has 5 heteroatoms. The zero-order valence-electron chi connectivity index (χ0n) is 11.4. The Morgan fingerprint density at radius 1 is 1.33 bits per heavy atom. The number of nitrogens with zero attached hydrogens (tertiary/aromatic N) is 2. The lowest BCUT2D eigenvalue weighted by atomic mass is 10.1. The van der Waals surface area contributed by atoms with Crippen LogP contribution in [-0.2, 0) is 0 Å². The predicted molar refractivity (Wildman–Crippen MR) is 72.6 cm³/mol. The summed E-state index contributed by atoms with van der Waals surface area (Å²) < 4.78 is 0. The number of carbonyl (C=O) groups is 1. The largest absolute Gasteiger partial charge is 0.369 e. The number of nitrogens with one attached hydrogen (secondary N) is 2. The van der Waals surface area contributed by atoms with E-state index in [1.807, 2.05) is 0 Å². The summed E-state index contributed by atoms with van der Waals surface area (Å²) in [6, 6.07) is 0. The van der Waals surface area contributed by atoms with Crippen LogP contribution in [0.15, 0.2) is 12.4 Å². The highest BCUT2D eigenvalue weighted by molar-refractivity contribution is 5.92. The molecule has 0 bridgehead atoms. The Bertz CT molecular complexity index is 379. The van der Waals surface area contributed by atoms with Crippen molar-refractivity contribution in [2.75, 3.05) is 18.4 Å². The average molecular weight is 250 g/mol. The van der Waals surface area contributed by atoms with Gasteiger partial charge in [-0.15, -0.1) is 0 Å². The molecule has 0 atom stereocenters. The lowest BCUT2D eigenvalue weighted by molar-refractivity contribution is 0.0946. The van der Waals surface area contributed by atoms with Crippen LogP contribution in [0, 0.1) is 5.92 Å². The minimum atomic E-state index is -0.164. The van der Waals surface area contributed by atoms with E-state index < -0.39 is 0 Å². The Morgan fingerprint density at radius 3 is 2.78 bits per heavy atom. The Morgan fingerprint density at radius 2 is 2.11 bits per heavy atom. The fourth-order valence-corrected chi connectivity index (χ4v) is 1.38. The summed E-state index contributed by atoms with van der Waals surface area (Å²) in [6.45, 7) is 7.82. The third-order valence-corrected chi connectivity index (χ3v) is 2.43. The normalized spacial score (nSPS) is 10.4. The number of amides is 1. The molecule has 1 rings (SSSR count). The maximum Gasteiger partial charge on any atom is 0.271 e. The first-order chi connectivity index (χ1) is 8.63. The third kappa shape index (κ3) is 5.12. The monoisotopic (exact) mass is 250 g/mol. The van der Waals surface area contributed by atoms with Crippen LogP contribution in [0.3, 0.4) is 0 Å². The number of rotatable bonds is 7. The first kappa shape index (κ1) is 14.4. The number of aromatic nitrogens is 2. The van der Waals surface area contributed by atoms with E-state index in [9.17, 15) is 4.79 Å². The molecule has 1 heterocycles. The standard InChI is InChI=1S/C13H22N4O/c1-4-6-15-12-9-14-8-11(17-12)13(18)16-7-5-10(2)3/h8-10H,4-7H2,1-3H3,(H,15,17)(H,16,18). The van der Waals surface area contributed by atoms with Crippen molar-refractivity contribution in [2.24, 2.45) is 5.92 Å². The molecule has 5 nitrogen and oxygen atoms in total. The first-order valence-corrected chi connectivity index (χ1v) is 6.47. The predicted octanol–water partition coefficient (Wildman–Crippen LogP) is 2.07. The van der Waals surface area contributed by atoms with Gasteiger partial charge in [-0.25, -0.2) is 4.98 Å². The Hall–Kier alpha value is -1.65. The average Bonchev–Trinajstić information content (AvgIpc) is 2.36. The van der Waals surface area contributed by atoms with E-state index in [1.54, 1.807) is 6.20 Å². The van der Waals surface area contributed by atoms with Crippen molar-refractivity contribution >= 4 is 11.7 Å². The molecular weight excluding hydrogens is 228 g/mol. The second kappa shape index (κ2) is 7.63. The van der Waals surface area contributed by atoms with Gasteiger partial charge in [-0.3, -0.25) is 9.78 Å². The fraction of sp³-hybridized carbons (Fsp3) is 0.615. The van der Waals surface area contributed by atoms with E-state index in [-0.39, 0.29) is 5.91 Å². The van der Waals surface area contributed by atoms with Crippen LogP contribution >= 0.6 is 0 Å². The molecule has 1 amide bonds. The maximum absolute atomic E-state index is 11.8. The van der Waals surface area contributed by atoms with Gasteiger partial charge in [0.15, 0.2) is 0 Å². The van der Waals surface area contributed by atoms with Crippen LogP contribution < -0.4 is 10.6 Å². The first-order valence-electron chi connectivity index (χ1n) is 6.47. The van der Waals surface area contributed by atoms with Crippen molar-refractivity contribution in [2.45, 2.75) is 33.6 Å². The number of carbonyl (C=O) groups excluding carboxylic acids is 1. The fourth-order valence-electron chi connectivity index (χ4n) is 1.38. The Labute approximate surface area is 108 Å². The van der Waals surface area contributed by atoms with E-state index in [4.69, 9.17) is 0 Å². The SMILES string of the molecule is CCCNc1cncc(C(=O)NCCC(C)C)n1. The summed E-state index contributed by atoms with van der Waals surface area (Å²) in [7, 11) is 0. The summed E-state index contributed by atoms with van der Waals surface area (Å²) in [4.78, 5) is 20.0. The van der Waals surface area contributed by atoms with Crippen LogP contribution in [0.5, 0.6) is 0 Å². The van der Waals surface area contributed by atoms with E-state index >= 15 is 0 Å². The molecule has 1 aromatic heterocycles. The van der Waals surface area contributed by atoms with Crippen molar-refractivity contribution in [3.63, 3.8) is 0 Å². The molecule has 0 saturated heterocycles. The second-order valence-electron chi connectivity index (χ2n) is 4.65. The van der Waals surface area contributed by atoms with Gasteiger partial charge in [0.25, 0.3) is 5.91 Å². The molecule has 0 radical (unpaired) electrons. The highest BCUT2D eigenvalue weighted by Crippen LogP contribution is 2.03. The lowest BCUT2D eigenvalue weighted by Crippen LogP contribution is -2.26. The summed E-state index contributed by atoms with van der Waals surface area (Å²) in [5.74, 6) is 1.06.